The van der Waals surface area contributed by atoms with E-state index in [0.29, 0.717) is 0 Å². The van der Waals surface area contributed by atoms with Crippen molar-refractivity contribution < 1.29 is 10.2 Å². The van der Waals surface area contributed by atoms with E-state index in [0.717, 1.165) is 12.8 Å². The minimum absolute atomic E-state index is 0.428. The van der Waals surface area contributed by atoms with E-state index in [1.54, 1.807) is 12.2 Å². The van der Waals surface area contributed by atoms with Crippen molar-refractivity contribution in [3.63, 3.8) is 0 Å². The Balaban J connectivity index is 3.77. The van der Waals surface area contributed by atoms with E-state index in [1.807, 2.05) is 0 Å². The molecule has 0 bridgehead atoms. The fourth-order valence-electron chi connectivity index (χ4n) is 1.46. The van der Waals surface area contributed by atoms with Gasteiger partial charge < -0.3 is 10.2 Å². The summed E-state index contributed by atoms with van der Waals surface area (Å²) >= 11 is 0. The van der Waals surface area contributed by atoms with Crippen LogP contribution < -0.4 is 0 Å². The first-order chi connectivity index (χ1) is 9.20. The lowest BCUT2D eigenvalue weighted by Gasteiger charge is -2.03. The monoisotopic (exact) mass is 260 g/mol. The van der Waals surface area contributed by atoms with Crippen molar-refractivity contribution in [2.45, 2.75) is 57.7 Å². The molecule has 2 atom stereocenters. The topological polar surface area (TPSA) is 40.5 Å². The molecule has 2 heteroatoms. The summed E-state index contributed by atoms with van der Waals surface area (Å²) in [5, 5.41) is 18.7. The van der Waals surface area contributed by atoms with Crippen LogP contribution in [0.25, 0.3) is 0 Å². The van der Waals surface area contributed by atoms with Gasteiger partial charge in [-0.15, -0.1) is 0 Å². The Kier molecular flexibility index (Phi) is 12.0. The average molecular weight is 260 g/mol. The molecule has 2 N–H and O–H groups in total. The standard InChI is InChI=1S/C17H24O2/c1-3-5-6-7-11-14-17(19)15-12-9-8-10-13-16(18)4-2/h4,12,15-19H,2-3,5-7,11,14H2,1H3/b15-12-/t16-,17+/m0/s1. The lowest BCUT2D eigenvalue weighted by atomic mass is 10.1. The van der Waals surface area contributed by atoms with Gasteiger partial charge in [0.05, 0.1) is 6.10 Å². The minimum atomic E-state index is -0.827. The highest BCUT2D eigenvalue weighted by Crippen LogP contribution is 2.07. The number of aliphatic hydroxyl groups excluding tert-OH is 2. The van der Waals surface area contributed by atoms with E-state index in [1.165, 1.54) is 31.8 Å². The highest BCUT2D eigenvalue weighted by Gasteiger charge is 1.97. The fourth-order valence-corrected chi connectivity index (χ4v) is 1.46. The summed E-state index contributed by atoms with van der Waals surface area (Å²) in [4.78, 5) is 0. The predicted octanol–water partition coefficient (Wildman–Crippen LogP) is 2.82. The largest absolute Gasteiger partial charge is 0.389 e. The normalized spacial score (nSPS) is 13.0. The number of aliphatic hydroxyl groups is 2. The van der Waals surface area contributed by atoms with E-state index >= 15 is 0 Å². The van der Waals surface area contributed by atoms with Crippen LogP contribution in [0.15, 0.2) is 24.8 Å². The van der Waals surface area contributed by atoms with Crippen molar-refractivity contribution in [2.24, 2.45) is 0 Å². The van der Waals surface area contributed by atoms with E-state index in [-0.39, 0.29) is 0 Å². The van der Waals surface area contributed by atoms with Gasteiger partial charge in [-0.3, -0.25) is 0 Å². The first kappa shape index (κ1) is 17.5. The van der Waals surface area contributed by atoms with Gasteiger partial charge in [0.25, 0.3) is 0 Å². The molecule has 0 radical (unpaired) electrons. The van der Waals surface area contributed by atoms with Crippen LogP contribution >= 0.6 is 0 Å². The number of hydrogen-bond acceptors (Lipinski definition) is 2. The second kappa shape index (κ2) is 13.0. The van der Waals surface area contributed by atoms with Crippen LogP contribution in [0, 0.1) is 23.7 Å². The number of unbranched alkanes of at least 4 members (excludes halogenated alkanes) is 4. The summed E-state index contributed by atoms with van der Waals surface area (Å²) in [5.74, 6) is 10.3. The van der Waals surface area contributed by atoms with Crippen molar-refractivity contribution in [3.05, 3.63) is 24.8 Å². The maximum absolute atomic E-state index is 9.64. The Morgan fingerprint density at radius 3 is 2.53 bits per heavy atom. The average Bonchev–Trinajstić information content (AvgIpc) is 2.42. The molecule has 0 unspecified atom stereocenters. The molecule has 0 aromatic rings. The number of hydrogen-bond donors (Lipinski definition) is 2. The van der Waals surface area contributed by atoms with Gasteiger partial charge in [0.2, 0.25) is 0 Å². The van der Waals surface area contributed by atoms with Gasteiger partial charge in [0.1, 0.15) is 6.10 Å². The smallest absolute Gasteiger partial charge is 0.134 e. The third-order valence-electron chi connectivity index (χ3n) is 2.58. The molecule has 19 heavy (non-hydrogen) atoms. The Hall–Kier alpha value is -1.48. The van der Waals surface area contributed by atoms with Gasteiger partial charge in [0.15, 0.2) is 0 Å². The molecule has 0 saturated heterocycles. The molecule has 0 aliphatic carbocycles. The van der Waals surface area contributed by atoms with Crippen LogP contribution in [-0.4, -0.2) is 22.4 Å². The maximum Gasteiger partial charge on any atom is 0.134 e. The highest BCUT2D eigenvalue weighted by molar-refractivity contribution is 5.32. The molecule has 0 aromatic heterocycles. The van der Waals surface area contributed by atoms with Crippen LogP contribution in [0.3, 0.4) is 0 Å². The van der Waals surface area contributed by atoms with Gasteiger partial charge in [-0.25, -0.2) is 0 Å². The SMILES string of the molecule is C=C[C@H](O)C#CC#C/C=C\[C@H](O)CCCCCCC. The maximum atomic E-state index is 9.64. The molecule has 0 aliphatic heterocycles. The lowest BCUT2D eigenvalue weighted by molar-refractivity contribution is 0.208. The molecule has 0 spiro atoms. The van der Waals surface area contributed by atoms with E-state index in [4.69, 9.17) is 5.11 Å². The Bertz CT molecular complexity index is 374. The summed E-state index contributed by atoms with van der Waals surface area (Å²) in [6.45, 7) is 5.59. The van der Waals surface area contributed by atoms with Crippen molar-refractivity contribution in [2.75, 3.05) is 0 Å². The van der Waals surface area contributed by atoms with Crippen LogP contribution in [0.4, 0.5) is 0 Å². The molecule has 0 fully saturated rings. The predicted molar refractivity (Wildman–Crippen MR) is 80.3 cm³/mol. The van der Waals surface area contributed by atoms with Crippen LogP contribution in [0.2, 0.25) is 0 Å². The molecule has 0 aromatic carbocycles. The minimum Gasteiger partial charge on any atom is -0.389 e. The van der Waals surface area contributed by atoms with Crippen molar-refractivity contribution in [1.29, 1.82) is 0 Å². The van der Waals surface area contributed by atoms with Crippen molar-refractivity contribution >= 4 is 0 Å². The van der Waals surface area contributed by atoms with E-state index in [9.17, 15) is 5.11 Å². The molecule has 0 heterocycles. The molecular formula is C17H24O2. The van der Waals surface area contributed by atoms with E-state index < -0.39 is 12.2 Å². The molecule has 0 saturated carbocycles. The zero-order valence-electron chi connectivity index (χ0n) is 11.7. The Morgan fingerprint density at radius 1 is 1.11 bits per heavy atom. The molecule has 0 amide bonds. The summed E-state index contributed by atoms with van der Waals surface area (Å²) in [6.07, 6.45) is 10.1. The van der Waals surface area contributed by atoms with Crippen molar-refractivity contribution in [3.8, 4) is 23.7 Å². The highest BCUT2D eigenvalue weighted by atomic mass is 16.3. The third-order valence-corrected chi connectivity index (χ3v) is 2.58. The summed E-state index contributed by atoms with van der Waals surface area (Å²) in [6, 6.07) is 0. The second-order valence-corrected chi connectivity index (χ2v) is 4.35. The van der Waals surface area contributed by atoms with Crippen LogP contribution in [0.5, 0.6) is 0 Å². The number of rotatable bonds is 8. The summed E-state index contributed by atoms with van der Waals surface area (Å²) in [7, 11) is 0. The van der Waals surface area contributed by atoms with Gasteiger partial charge in [0, 0.05) is 0 Å². The summed E-state index contributed by atoms with van der Waals surface area (Å²) < 4.78 is 0. The van der Waals surface area contributed by atoms with E-state index in [2.05, 4.69) is 37.2 Å². The third kappa shape index (κ3) is 12.8. The Labute approximate surface area is 117 Å². The zero-order chi connectivity index (χ0) is 14.3. The summed E-state index contributed by atoms with van der Waals surface area (Å²) in [5.41, 5.74) is 0. The van der Waals surface area contributed by atoms with Gasteiger partial charge >= 0.3 is 0 Å². The van der Waals surface area contributed by atoms with Gasteiger partial charge in [-0.05, 0) is 30.4 Å². The van der Waals surface area contributed by atoms with Crippen molar-refractivity contribution in [1.82, 2.24) is 0 Å². The van der Waals surface area contributed by atoms with Gasteiger partial charge in [-0.2, -0.15) is 0 Å². The zero-order valence-corrected chi connectivity index (χ0v) is 11.7. The lowest BCUT2D eigenvalue weighted by Crippen LogP contribution is -2.01. The molecule has 104 valence electrons. The van der Waals surface area contributed by atoms with Crippen LogP contribution in [0.1, 0.15) is 45.4 Å². The molecule has 2 nitrogen and oxygen atoms in total. The number of allylic oxidation sites excluding steroid dienone is 1. The molecule has 0 aliphatic rings. The Morgan fingerprint density at radius 2 is 1.84 bits per heavy atom. The molecular weight excluding hydrogens is 236 g/mol. The van der Waals surface area contributed by atoms with Gasteiger partial charge in [-0.1, -0.05) is 63.5 Å². The van der Waals surface area contributed by atoms with Crippen LogP contribution in [-0.2, 0) is 0 Å². The fraction of sp³-hybridized carbons (Fsp3) is 0.529. The second-order valence-electron chi connectivity index (χ2n) is 4.35. The molecule has 0 rings (SSSR count). The quantitative estimate of drug-likeness (QED) is 0.400. The first-order valence-electron chi connectivity index (χ1n) is 6.87. The first-order valence-corrected chi connectivity index (χ1v) is 6.87.